The summed E-state index contributed by atoms with van der Waals surface area (Å²) < 4.78 is 6.33. The van der Waals surface area contributed by atoms with Crippen LogP contribution in [0.3, 0.4) is 0 Å². The molecule has 0 aliphatic heterocycles. The van der Waals surface area contributed by atoms with E-state index < -0.39 is 0 Å². The summed E-state index contributed by atoms with van der Waals surface area (Å²) in [4.78, 5) is 0. The monoisotopic (exact) mass is 306 g/mol. The highest BCUT2D eigenvalue weighted by atomic mass is 16.3. The number of fused-ring (bicyclic) bond motifs is 8. The van der Waals surface area contributed by atoms with Crippen molar-refractivity contribution in [1.29, 1.82) is 0 Å². The SMILES string of the molecule is c1ccc2c(c1)Cc1c-2ccc2c1oc1cc3ccccc3cc12. The third-order valence-electron chi connectivity index (χ3n) is 5.29. The van der Waals surface area contributed by atoms with Gasteiger partial charge in [-0.3, -0.25) is 0 Å². The molecule has 1 heteroatoms. The van der Waals surface area contributed by atoms with Gasteiger partial charge in [-0.15, -0.1) is 0 Å². The Hall–Kier alpha value is -3.06. The zero-order valence-corrected chi connectivity index (χ0v) is 13.0. The second kappa shape index (κ2) is 4.27. The molecule has 24 heavy (non-hydrogen) atoms. The minimum Gasteiger partial charge on any atom is -0.456 e. The van der Waals surface area contributed by atoms with Crippen LogP contribution in [0.1, 0.15) is 11.1 Å². The third kappa shape index (κ3) is 1.49. The van der Waals surface area contributed by atoms with Crippen LogP contribution in [0, 0.1) is 0 Å². The van der Waals surface area contributed by atoms with Gasteiger partial charge >= 0.3 is 0 Å². The van der Waals surface area contributed by atoms with Gasteiger partial charge in [0, 0.05) is 22.8 Å². The van der Waals surface area contributed by atoms with E-state index in [1.807, 2.05) is 0 Å². The predicted molar refractivity (Wildman–Crippen MR) is 99.5 cm³/mol. The predicted octanol–water partition coefficient (Wildman–Crippen LogP) is 6.31. The number of furan rings is 1. The van der Waals surface area contributed by atoms with Crippen LogP contribution in [0.4, 0.5) is 0 Å². The molecule has 0 amide bonds. The summed E-state index contributed by atoms with van der Waals surface area (Å²) >= 11 is 0. The maximum Gasteiger partial charge on any atom is 0.139 e. The summed E-state index contributed by atoms with van der Waals surface area (Å²) in [7, 11) is 0. The molecule has 0 radical (unpaired) electrons. The van der Waals surface area contributed by atoms with Crippen LogP contribution < -0.4 is 0 Å². The largest absolute Gasteiger partial charge is 0.456 e. The molecule has 0 N–H and O–H groups in total. The number of hydrogen-bond donors (Lipinski definition) is 0. The van der Waals surface area contributed by atoms with E-state index >= 15 is 0 Å². The smallest absolute Gasteiger partial charge is 0.139 e. The molecule has 0 fully saturated rings. The van der Waals surface area contributed by atoms with Crippen molar-refractivity contribution < 1.29 is 4.42 Å². The molecule has 1 aromatic heterocycles. The highest BCUT2D eigenvalue weighted by Crippen LogP contribution is 2.43. The lowest BCUT2D eigenvalue weighted by Crippen LogP contribution is -1.80. The molecule has 0 unspecified atom stereocenters. The first-order valence-corrected chi connectivity index (χ1v) is 8.34. The number of hydrogen-bond acceptors (Lipinski definition) is 1. The molecule has 0 saturated carbocycles. The van der Waals surface area contributed by atoms with Crippen molar-refractivity contribution in [2.24, 2.45) is 0 Å². The Labute approximate surface area is 139 Å². The summed E-state index contributed by atoms with van der Waals surface area (Å²) in [5, 5.41) is 4.92. The van der Waals surface area contributed by atoms with E-state index in [2.05, 4.69) is 72.8 Å². The first-order chi connectivity index (χ1) is 11.9. The molecule has 0 saturated heterocycles. The Balaban J connectivity index is 1.74. The highest BCUT2D eigenvalue weighted by Gasteiger charge is 2.23. The number of benzene rings is 4. The van der Waals surface area contributed by atoms with Crippen LogP contribution in [-0.4, -0.2) is 0 Å². The van der Waals surface area contributed by atoms with Gasteiger partial charge in [0.25, 0.3) is 0 Å². The third-order valence-corrected chi connectivity index (χ3v) is 5.29. The molecular weight excluding hydrogens is 292 g/mol. The molecular formula is C23H14O. The highest BCUT2D eigenvalue weighted by molar-refractivity contribution is 6.12. The quantitative estimate of drug-likeness (QED) is 0.320. The second-order valence-electron chi connectivity index (χ2n) is 6.60. The van der Waals surface area contributed by atoms with Gasteiger partial charge in [-0.1, -0.05) is 54.6 Å². The van der Waals surface area contributed by atoms with Crippen molar-refractivity contribution in [2.45, 2.75) is 6.42 Å². The Morgan fingerprint density at radius 1 is 0.667 bits per heavy atom. The zero-order valence-electron chi connectivity index (χ0n) is 13.0. The van der Waals surface area contributed by atoms with Crippen molar-refractivity contribution in [3.05, 3.63) is 83.9 Å². The van der Waals surface area contributed by atoms with Crippen molar-refractivity contribution in [2.75, 3.05) is 0 Å². The van der Waals surface area contributed by atoms with Gasteiger partial charge in [0.1, 0.15) is 11.2 Å². The molecule has 1 heterocycles. The standard InChI is InChI=1S/C23H14O/c1-2-6-15-13-22-20(11-14(15)5-1)19-10-9-18-17-8-4-3-7-16(17)12-21(18)23(19)24-22/h1-11,13H,12H2. The summed E-state index contributed by atoms with van der Waals surface area (Å²) in [6.45, 7) is 0. The fourth-order valence-electron chi connectivity index (χ4n) is 4.14. The molecule has 0 spiro atoms. The maximum absolute atomic E-state index is 6.33. The van der Waals surface area contributed by atoms with E-state index in [1.54, 1.807) is 0 Å². The minimum absolute atomic E-state index is 0.961. The molecule has 6 rings (SSSR count). The zero-order chi connectivity index (χ0) is 15.7. The molecule has 0 atom stereocenters. The van der Waals surface area contributed by atoms with Gasteiger partial charge in [0.05, 0.1) is 0 Å². The van der Waals surface area contributed by atoms with Crippen molar-refractivity contribution in [1.82, 2.24) is 0 Å². The van der Waals surface area contributed by atoms with Crippen LogP contribution in [0.2, 0.25) is 0 Å². The first kappa shape index (κ1) is 12.4. The van der Waals surface area contributed by atoms with Gasteiger partial charge in [0.2, 0.25) is 0 Å². The Bertz CT molecular complexity index is 1270. The van der Waals surface area contributed by atoms with E-state index in [0.29, 0.717) is 0 Å². The molecule has 112 valence electrons. The van der Waals surface area contributed by atoms with Crippen LogP contribution in [-0.2, 0) is 6.42 Å². The molecule has 0 bridgehead atoms. The van der Waals surface area contributed by atoms with Crippen molar-refractivity contribution in [3.8, 4) is 11.1 Å². The van der Waals surface area contributed by atoms with Gasteiger partial charge in [-0.25, -0.2) is 0 Å². The minimum atomic E-state index is 0.961. The molecule has 5 aromatic rings. The lowest BCUT2D eigenvalue weighted by Gasteiger charge is -2.00. The summed E-state index contributed by atoms with van der Waals surface area (Å²) in [6.07, 6.45) is 0.961. The van der Waals surface area contributed by atoms with E-state index in [4.69, 9.17) is 4.42 Å². The number of rotatable bonds is 0. The normalized spacial score (nSPS) is 12.8. The maximum atomic E-state index is 6.33. The van der Waals surface area contributed by atoms with Gasteiger partial charge in [-0.2, -0.15) is 0 Å². The van der Waals surface area contributed by atoms with Crippen LogP contribution in [0.15, 0.2) is 77.2 Å². The van der Waals surface area contributed by atoms with Gasteiger partial charge in [0.15, 0.2) is 0 Å². The summed E-state index contributed by atoms with van der Waals surface area (Å²) in [5.74, 6) is 0. The molecule has 4 aromatic carbocycles. The average Bonchev–Trinajstić information content (AvgIpc) is 3.17. The van der Waals surface area contributed by atoms with E-state index in [0.717, 1.165) is 17.6 Å². The Morgan fingerprint density at radius 3 is 2.38 bits per heavy atom. The average molecular weight is 306 g/mol. The van der Waals surface area contributed by atoms with Crippen LogP contribution in [0.5, 0.6) is 0 Å². The van der Waals surface area contributed by atoms with E-state index in [1.165, 1.54) is 43.8 Å². The van der Waals surface area contributed by atoms with Gasteiger partial charge < -0.3 is 4.42 Å². The summed E-state index contributed by atoms with van der Waals surface area (Å²) in [6, 6.07) is 26.0. The van der Waals surface area contributed by atoms with Crippen molar-refractivity contribution in [3.63, 3.8) is 0 Å². The van der Waals surface area contributed by atoms with E-state index in [9.17, 15) is 0 Å². The lowest BCUT2D eigenvalue weighted by atomic mass is 10.0. The van der Waals surface area contributed by atoms with E-state index in [-0.39, 0.29) is 0 Å². The first-order valence-electron chi connectivity index (χ1n) is 8.34. The fraction of sp³-hybridized carbons (Fsp3) is 0.0435. The topological polar surface area (TPSA) is 13.1 Å². The Kier molecular flexibility index (Phi) is 2.20. The molecule has 1 aliphatic carbocycles. The van der Waals surface area contributed by atoms with Crippen molar-refractivity contribution >= 4 is 32.7 Å². The fourth-order valence-corrected chi connectivity index (χ4v) is 4.14. The summed E-state index contributed by atoms with van der Waals surface area (Å²) in [5.41, 5.74) is 7.42. The molecule has 1 nitrogen and oxygen atoms in total. The lowest BCUT2D eigenvalue weighted by molar-refractivity contribution is 0.665. The van der Waals surface area contributed by atoms with Crippen LogP contribution >= 0.6 is 0 Å². The molecule has 1 aliphatic rings. The second-order valence-corrected chi connectivity index (χ2v) is 6.60. The van der Waals surface area contributed by atoms with Gasteiger partial charge in [-0.05, 0) is 45.7 Å². The van der Waals surface area contributed by atoms with Crippen LogP contribution in [0.25, 0.3) is 43.8 Å². The Morgan fingerprint density at radius 2 is 1.46 bits per heavy atom.